The van der Waals surface area contributed by atoms with E-state index in [1.165, 1.54) is 5.57 Å². The first kappa shape index (κ1) is 26.1. The lowest BCUT2D eigenvalue weighted by Gasteiger charge is -2.24. The summed E-state index contributed by atoms with van der Waals surface area (Å²) in [6, 6.07) is 19.3. The molecular formula is C39H27N3O2. The molecule has 3 aromatic rings. The number of hydrogen-bond donors (Lipinski definition) is 0. The van der Waals surface area contributed by atoms with Crippen LogP contribution in [0.1, 0.15) is 53.9 Å². The van der Waals surface area contributed by atoms with Crippen molar-refractivity contribution in [1.29, 1.82) is 15.8 Å². The standard InChI is InChI=1S/C39H27N3O2/c40-20-23-13-24(21-41)15-28(14-23)34-17-27(25-9-11-31-29-5-1-3-7-36(29)43-38(31)18-25)16-33(35(34)22-42)26-10-12-32-30-6-2-4-8-37(30)44-39(32)19-26/h1-3,5-7,10-14,16-19,24-25,32,39H,4,8-9,15H2. The first-order valence-corrected chi connectivity index (χ1v) is 15.1. The minimum absolute atomic E-state index is 0.0259. The summed E-state index contributed by atoms with van der Waals surface area (Å²) < 4.78 is 12.7. The van der Waals surface area contributed by atoms with Crippen molar-refractivity contribution in [2.75, 3.05) is 0 Å². The van der Waals surface area contributed by atoms with Gasteiger partial charge in [0.15, 0.2) is 0 Å². The summed E-state index contributed by atoms with van der Waals surface area (Å²) in [6.45, 7) is 0. The molecule has 0 fully saturated rings. The predicted octanol–water partition coefficient (Wildman–Crippen LogP) is 7.00. The molecule has 44 heavy (non-hydrogen) atoms. The van der Waals surface area contributed by atoms with Gasteiger partial charge in [-0.3, -0.25) is 0 Å². The largest absolute Gasteiger partial charge is 0.489 e. The van der Waals surface area contributed by atoms with Crippen molar-refractivity contribution in [3.63, 3.8) is 0 Å². The number of nitriles is 3. The molecule has 5 heteroatoms. The molecular weight excluding hydrogens is 542 g/mol. The first-order valence-electron chi connectivity index (χ1n) is 15.1. The number of hydrogen-bond acceptors (Lipinski definition) is 5. The van der Waals surface area contributed by atoms with Crippen molar-refractivity contribution < 1.29 is 9.15 Å². The SMILES string of the molecule is N#CC1=CC(C#N)CC(c2cc(C3C=c4oc5ccccc5c4=CC3)cc(C3=CC4OC5=C(C=CCC5)C4C=C3)c2C#N)=C1. The highest BCUT2D eigenvalue weighted by atomic mass is 16.5. The predicted molar refractivity (Wildman–Crippen MR) is 169 cm³/mol. The molecule has 0 saturated carbocycles. The average molecular weight is 570 g/mol. The second-order valence-corrected chi connectivity index (χ2v) is 11.9. The molecule has 2 heterocycles. The lowest BCUT2D eigenvalue weighted by atomic mass is 9.79. The zero-order chi connectivity index (χ0) is 29.8. The number of ether oxygens (including phenoxy) is 1. The number of rotatable bonds is 3. The van der Waals surface area contributed by atoms with Gasteiger partial charge >= 0.3 is 0 Å². The Kier molecular flexibility index (Phi) is 6.11. The zero-order valence-corrected chi connectivity index (χ0v) is 24.0. The summed E-state index contributed by atoms with van der Waals surface area (Å²) in [5.74, 6) is 0.840. The molecule has 0 amide bonds. The summed E-state index contributed by atoms with van der Waals surface area (Å²) in [5.41, 5.74) is 8.42. The Morgan fingerprint density at radius 1 is 0.932 bits per heavy atom. The van der Waals surface area contributed by atoms with E-state index >= 15 is 0 Å². The van der Waals surface area contributed by atoms with E-state index in [1.54, 1.807) is 6.08 Å². The third-order valence-electron chi connectivity index (χ3n) is 9.37. The van der Waals surface area contributed by atoms with E-state index in [1.807, 2.05) is 24.3 Å². The molecule has 0 bridgehead atoms. The topological polar surface area (TPSA) is 93.7 Å². The Labute approximate surface area is 255 Å². The maximum absolute atomic E-state index is 10.6. The van der Waals surface area contributed by atoms with Crippen LogP contribution < -0.4 is 10.6 Å². The van der Waals surface area contributed by atoms with Crippen molar-refractivity contribution in [3.05, 3.63) is 129 Å². The number of furan rings is 1. The molecule has 4 atom stereocenters. The van der Waals surface area contributed by atoms with Crippen LogP contribution in [0.5, 0.6) is 0 Å². The molecule has 0 saturated heterocycles. The summed E-state index contributed by atoms with van der Waals surface area (Å²) in [4.78, 5) is 0. The van der Waals surface area contributed by atoms with Gasteiger partial charge in [-0.15, -0.1) is 0 Å². The lowest BCUT2D eigenvalue weighted by Crippen LogP contribution is -2.25. The Bertz CT molecular complexity index is 2210. The van der Waals surface area contributed by atoms with Gasteiger partial charge in [0.1, 0.15) is 28.9 Å². The van der Waals surface area contributed by atoms with Gasteiger partial charge in [0.05, 0.1) is 23.6 Å². The summed E-state index contributed by atoms with van der Waals surface area (Å²) in [7, 11) is 0. The fourth-order valence-electron chi connectivity index (χ4n) is 7.24. The maximum atomic E-state index is 10.6. The molecule has 0 radical (unpaired) electrons. The minimum atomic E-state index is -0.428. The molecule has 1 aliphatic heterocycles. The average Bonchev–Trinajstić information content (AvgIpc) is 3.64. The van der Waals surface area contributed by atoms with E-state index in [0.717, 1.165) is 74.5 Å². The van der Waals surface area contributed by atoms with Crippen LogP contribution in [-0.2, 0) is 4.74 Å². The highest BCUT2D eigenvalue weighted by Gasteiger charge is 2.35. The molecule has 5 aliphatic rings. The van der Waals surface area contributed by atoms with E-state index in [2.05, 4.69) is 78.9 Å². The van der Waals surface area contributed by atoms with Gasteiger partial charge in [-0.05, 0) is 84.0 Å². The molecule has 1 aromatic heterocycles. The fraction of sp³-hybridized carbons (Fsp3) is 0.205. The van der Waals surface area contributed by atoms with Crippen LogP contribution in [0.3, 0.4) is 0 Å². The minimum Gasteiger partial charge on any atom is -0.489 e. The molecule has 0 spiro atoms. The van der Waals surface area contributed by atoms with Crippen LogP contribution >= 0.6 is 0 Å². The highest BCUT2D eigenvalue weighted by Crippen LogP contribution is 2.44. The number of fused-ring (bicyclic) bond motifs is 5. The maximum Gasteiger partial charge on any atom is 0.135 e. The second-order valence-electron chi connectivity index (χ2n) is 11.9. The molecule has 4 unspecified atom stereocenters. The van der Waals surface area contributed by atoms with Gasteiger partial charge in [0, 0.05) is 45.6 Å². The van der Waals surface area contributed by atoms with Crippen molar-refractivity contribution in [3.8, 4) is 18.2 Å². The van der Waals surface area contributed by atoms with Gasteiger partial charge in [-0.25, -0.2) is 0 Å². The van der Waals surface area contributed by atoms with Crippen molar-refractivity contribution in [2.24, 2.45) is 11.8 Å². The normalized spacial score (nSPS) is 24.6. The molecule has 210 valence electrons. The van der Waals surface area contributed by atoms with E-state index in [4.69, 9.17) is 9.15 Å². The summed E-state index contributed by atoms with van der Waals surface area (Å²) >= 11 is 0. The van der Waals surface area contributed by atoms with Gasteiger partial charge in [0.25, 0.3) is 0 Å². The smallest absolute Gasteiger partial charge is 0.135 e. The third kappa shape index (κ3) is 4.19. The van der Waals surface area contributed by atoms with Gasteiger partial charge in [-0.1, -0.05) is 48.6 Å². The van der Waals surface area contributed by atoms with Crippen LogP contribution in [0.25, 0.3) is 34.3 Å². The quantitative estimate of drug-likeness (QED) is 0.339. The first-order chi connectivity index (χ1) is 21.6. The van der Waals surface area contributed by atoms with Crippen LogP contribution in [0.2, 0.25) is 0 Å². The molecule has 0 N–H and O–H groups in total. The van der Waals surface area contributed by atoms with E-state index in [0.29, 0.717) is 17.6 Å². The Balaban J connectivity index is 1.28. The summed E-state index contributed by atoms with van der Waals surface area (Å²) in [5, 5.41) is 32.4. The van der Waals surface area contributed by atoms with Gasteiger partial charge in [0.2, 0.25) is 0 Å². The molecule has 5 nitrogen and oxygen atoms in total. The molecule has 8 rings (SSSR count). The van der Waals surface area contributed by atoms with Crippen LogP contribution in [-0.4, -0.2) is 6.10 Å². The monoisotopic (exact) mass is 569 g/mol. The number of benzene rings is 2. The van der Waals surface area contributed by atoms with E-state index < -0.39 is 5.92 Å². The second kappa shape index (κ2) is 10.3. The van der Waals surface area contributed by atoms with Gasteiger partial charge in [-0.2, -0.15) is 15.8 Å². The third-order valence-corrected chi connectivity index (χ3v) is 9.37. The molecule has 2 aromatic carbocycles. The number of para-hydroxylation sites is 1. The Morgan fingerprint density at radius 3 is 2.68 bits per heavy atom. The fourth-order valence-corrected chi connectivity index (χ4v) is 7.24. The summed E-state index contributed by atoms with van der Waals surface area (Å²) in [6.07, 6.45) is 21.9. The number of allylic oxidation sites excluding steroid dienone is 9. The molecule has 4 aliphatic carbocycles. The van der Waals surface area contributed by atoms with Crippen LogP contribution in [0.15, 0.2) is 100 Å². The van der Waals surface area contributed by atoms with E-state index in [9.17, 15) is 15.8 Å². The number of nitrogens with zero attached hydrogens (tertiary/aromatic N) is 3. The highest BCUT2D eigenvalue weighted by molar-refractivity contribution is 5.86. The van der Waals surface area contributed by atoms with Crippen molar-refractivity contribution in [2.45, 2.75) is 37.7 Å². The Morgan fingerprint density at radius 2 is 1.82 bits per heavy atom. The van der Waals surface area contributed by atoms with Crippen molar-refractivity contribution in [1.82, 2.24) is 0 Å². The zero-order valence-electron chi connectivity index (χ0n) is 24.0. The Hall–Kier alpha value is -5.57. The van der Waals surface area contributed by atoms with Crippen LogP contribution in [0, 0.1) is 45.8 Å². The van der Waals surface area contributed by atoms with Crippen molar-refractivity contribution >= 4 is 34.3 Å². The van der Waals surface area contributed by atoms with Gasteiger partial charge < -0.3 is 9.15 Å². The van der Waals surface area contributed by atoms with Crippen LogP contribution in [0.4, 0.5) is 0 Å². The van der Waals surface area contributed by atoms with E-state index in [-0.39, 0.29) is 17.9 Å². The lowest BCUT2D eigenvalue weighted by molar-refractivity contribution is 0.158.